The number of nitrogens with one attached hydrogen (secondary N) is 2. The molecular formula is C30H26F6N4OS. The summed E-state index contributed by atoms with van der Waals surface area (Å²) >= 11 is 1.56. The minimum Gasteiger partial charge on any atom is -0.383 e. The number of anilines is 2. The Morgan fingerprint density at radius 1 is 0.833 bits per heavy atom. The van der Waals surface area contributed by atoms with Crippen LogP contribution in [0.2, 0.25) is 0 Å². The minimum atomic E-state index is -4.91. The molecule has 0 amide bonds. The second-order valence-corrected chi connectivity index (χ2v) is 11.0. The lowest BCUT2D eigenvalue weighted by molar-refractivity contribution is -0.142. The summed E-state index contributed by atoms with van der Waals surface area (Å²) in [5, 5.41) is 7.44. The predicted octanol–water partition coefficient (Wildman–Crippen LogP) is 7.76. The molecule has 5 rings (SSSR count). The fourth-order valence-corrected chi connectivity index (χ4v) is 5.99. The van der Waals surface area contributed by atoms with Crippen molar-refractivity contribution in [3.05, 3.63) is 87.7 Å². The van der Waals surface area contributed by atoms with E-state index in [0.29, 0.717) is 30.4 Å². The number of halogens is 6. The van der Waals surface area contributed by atoms with Crippen molar-refractivity contribution < 1.29 is 26.3 Å². The van der Waals surface area contributed by atoms with Crippen molar-refractivity contribution in [1.82, 2.24) is 9.88 Å². The molecule has 3 aromatic carbocycles. The molecule has 2 aromatic heterocycles. The molecule has 12 heteroatoms. The van der Waals surface area contributed by atoms with Crippen molar-refractivity contribution in [2.75, 3.05) is 43.9 Å². The van der Waals surface area contributed by atoms with Crippen LogP contribution in [0.15, 0.2) is 65.5 Å². The number of aromatic nitrogens is 1. The number of pyridine rings is 1. The Morgan fingerprint density at radius 3 is 2.19 bits per heavy atom. The Balaban J connectivity index is 1.28. The van der Waals surface area contributed by atoms with Crippen LogP contribution in [0.25, 0.3) is 31.1 Å². The van der Waals surface area contributed by atoms with E-state index in [1.165, 1.54) is 6.07 Å². The number of para-hydroxylation sites is 1. The molecule has 0 unspecified atom stereocenters. The predicted molar refractivity (Wildman–Crippen MR) is 157 cm³/mol. The van der Waals surface area contributed by atoms with Crippen molar-refractivity contribution in [1.29, 1.82) is 0 Å². The van der Waals surface area contributed by atoms with Crippen molar-refractivity contribution in [3.8, 4) is 0 Å². The van der Waals surface area contributed by atoms with Crippen molar-refractivity contribution >= 4 is 53.8 Å². The lowest BCUT2D eigenvalue weighted by Gasteiger charge is -2.20. The van der Waals surface area contributed by atoms with Crippen LogP contribution in [-0.2, 0) is 12.4 Å². The zero-order valence-corrected chi connectivity index (χ0v) is 23.4. The first-order chi connectivity index (χ1) is 19.8. The highest BCUT2D eigenvalue weighted by molar-refractivity contribution is 7.24. The first kappa shape index (κ1) is 29.6. The molecule has 42 heavy (non-hydrogen) atoms. The molecule has 0 saturated heterocycles. The van der Waals surface area contributed by atoms with Gasteiger partial charge in [0, 0.05) is 57.7 Å². The molecule has 220 valence electrons. The summed E-state index contributed by atoms with van der Waals surface area (Å²) in [5.74, 6) is 0. The Hall–Kier alpha value is -3.90. The van der Waals surface area contributed by atoms with E-state index < -0.39 is 29.1 Å². The SMILES string of the molecule is Cc1ccc(NCCN(C)CCNc2cc(C(F)(F)F)nc3c(C(F)(F)F)cccc23)c2c(=O)c3ccccc3sc12. The molecule has 0 aliphatic carbocycles. The molecule has 0 saturated carbocycles. The lowest BCUT2D eigenvalue weighted by atomic mass is 10.1. The van der Waals surface area contributed by atoms with Gasteiger partial charge in [0.15, 0.2) is 5.43 Å². The number of benzene rings is 3. The maximum Gasteiger partial charge on any atom is 0.433 e. The van der Waals surface area contributed by atoms with E-state index in [0.717, 1.165) is 38.8 Å². The quantitative estimate of drug-likeness (QED) is 0.140. The van der Waals surface area contributed by atoms with Crippen LogP contribution in [0.1, 0.15) is 16.8 Å². The van der Waals surface area contributed by atoms with Crippen LogP contribution in [0.5, 0.6) is 0 Å². The molecule has 5 nitrogen and oxygen atoms in total. The monoisotopic (exact) mass is 604 g/mol. The fraction of sp³-hybridized carbons (Fsp3) is 0.267. The van der Waals surface area contributed by atoms with Gasteiger partial charge in [-0.15, -0.1) is 11.3 Å². The van der Waals surface area contributed by atoms with Gasteiger partial charge < -0.3 is 15.5 Å². The van der Waals surface area contributed by atoms with Gasteiger partial charge in [0.25, 0.3) is 0 Å². The number of alkyl halides is 6. The van der Waals surface area contributed by atoms with Gasteiger partial charge in [-0.05, 0) is 49.9 Å². The third-order valence-electron chi connectivity index (χ3n) is 6.98. The number of fused-ring (bicyclic) bond motifs is 3. The standard InChI is InChI=1S/C30H26F6N4OS/c1-17-10-11-21(25-27(41)19-6-3-4-9-23(19)42-28(17)25)37-12-14-40(2)15-13-38-22-16-24(30(34,35)36)39-26-18(22)7-5-8-20(26)29(31,32)33/h3-11,16,37H,12-15H2,1-2H3,(H,38,39). The number of hydrogen-bond acceptors (Lipinski definition) is 6. The fourth-order valence-electron chi connectivity index (χ4n) is 4.82. The van der Waals surface area contributed by atoms with Crippen molar-refractivity contribution in [2.45, 2.75) is 19.3 Å². The normalized spacial score (nSPS) is 12.5. The number of likely N-dealkylation sites (N-methyl/N-ethyl adjacent to an activating group) is 1. The topological polar surface area (TPSA) is 57.3 Å². The summed E-state index contributed by atoms with van der Waals surface area (Å²) < 4.78 is 82.7. The number of aryl methyl sites for hydroxylation is 1. The van der Waals surface area contributed by atoms with Crippen LogP contribution in [0.4, 0.5) is 37.7 Å². The second kappa shape index (κ2) is 11.4. The van der Waals surface area contributed by atoms with Crippen LogP contribution < -0.4 is 16.1 Å². The smallest absolute Gasteiger partial charge is 0.383 e. The molecule has 0 spiro atoms. The van der Waals surface area contributed by atoms with Crippen molar-refractivity contribution in [2.24, 2.45) is 0 Å². The van der Waals surface area contributed by atoms with Crippen LogP contribution >= 0.6 is 11.3 Å². The highest BCUT2D eigenvalue weighted by Crippen LogP contribution is 2.39. The molecule has 0 fully saturated rings. The van der Waals surface area contributed by atoms with E-state index in [1.807, 2.05) is 55.3 Å². The number of nitrogens with zero attached hydrogens (tertiary/aromatic N) is 2. The highest BCUT2D eigenvalue weighted by Gasteiger charge is 2.37. The number of rotatable bonds is 8. The van der Waals surface area contributed by atoms with Crippen LogP contribution in [0, 0.1) is 6.92 Å². The Bertz CT molecular complexity index is 1830. The maximum atomic E-state index is 13.5. The Labute approximate surface area is 240 Å². The van der Waals surface area contributed by atoms with Crippen molar-refractivity contribution in [3.63, 3.8) is 0 Å². The molecule has 0 radical (unpaired) electrons. The lowest BCUT2D eigenvalue weighted by Crippen LogP contribution is -2.30. The Morgan fingerprint density at radius 2 is 1.50 bits per heavy atom. The zero-order valence-electron chi connectivity index (χ0n) is 22.6. The highest BCUT2D eigenvalue weighted by atomic mass is 32.1. The molecule has 0 aliphatic heterocycles. The number of hydrogen-bond donors (Lipinski definition) is 2. The van der Waals surface area contributed by atoms with E-state index in [1.54, 1.807) is 11.3 Å². The second-order valence-electron chi connectivity index (χ2n) is 9.97. The molecular weight excluding hydrogens is 578 g/mol. The minimum absolute atomic E-state index is 0.0420. The molecule has 0 aliphatic rings. The summed E-state index contributed by atoms with van der Waals surface area (Å²) in [7, 11) is 1.82. The van der Waals surface area contributed by atoms with Gasteiger partial charge in [0.2, 0.25) is 0 Å². The summed E-state index contributed by atoms with van der Waals surface area (Å²) in [6, 6.07) is 15.2. The van der Waals surface area contributed by atoms with E-state index in [4.69, 9.17) is 0 Å². The maximum absolute atomic E-state index is 13.5. The third kappa shape index (κ3) is 6.00. The molecule has 5 aromatic rings. The average Bonchev–Trinajstić information content (AvgIpc) is 2.93. The van der Waals surface area contributed by atoms with E-state index in [-0.39, 0.29) is 23.0 Å². The molecule has 2 heterocycles. The van der Waals surface area contributed by atoms with Gasteiger partial charge >= 0.3 is 12.4 Å². The summed E-state index contributed by atoms with van der Waals surface area (Å²) in [4.78, 5) is 18.5. The Kier molecular flexibility index (Phi) is 8.04. The van der Waals surface area contributed by atoms with Gasteiger partial charge in [-0.1, -0.05) is 30.3 Å². The van der Waals surface area contributed by atoms with Gasteiger partial charge in [-0.25, -0.2) is 4.98 Å². The molecule has 0 atom stereocenters. The van der Waals surface area contributed by atoms with Crippen LogP contribution in [-0.4, -0.2) is 43.1 Å². The van der Waals surface area contributed by atoms with Gasteiger partial charge in [-0.3, -0.25) is 4.79 Å². The first-order valence-corrected chi connectivity index (χ1v) is 13.9. The molecule has 0 bridgehead atoms. The zero-order chi connectivity index (χ0) is 30.2. The molecule has 2 N–H and O–H groups in total. The average molecular weight is 605 g/mol. The van der Waals surface area contributed by atoms with E-state index in [2.05, 4.69) is 15.6 Å². The summed E-state index contributed by atoms with van der Waals surface area (Å²) in [6.45, 7) is 3.54. The summed E-state index contributed by atoms with van der Waals surface area (Å²) in [6.07, 6.45) is -9.77. The van der Waals surface area contributed by atoms with Gasteiger partial charge in [-0.2, -0.15) is 26.3 Å². The van der Waals surface area contributed by atoms with E-state index in [9.17, 15) is 31.1 Å². The van der Waals surface area contributed by atoms with Gasteiger partial charge in [0.1, 0.15) is 5.69 Å². The third-order valence-corrected chi connectivity index (χ3v) is 8.28. The first-order valence-electron chi connectivity index (χ1n) is 13.0. The summed E-state index contributed by atoms with van der Waals surface area (Å²) in [5.41, 5.74) is -1.77. The van der Waals surface area contributed by atoms with Crippen LogP contribution in [0.3, 0.4) is 0 Å². The van der Waals surface area contributed by atoms with E-state index >= 15 is 0 Å². The van der Waals surface area contributed by atoms with Gasteiger partial charge in [0.05, 0.1) is 16.5 Å². The largest absolute Gasteiger partial charge is 0.433 e.